The fourth-order valence-corrected chi connectivity index (χ4v) is 2.60. The molecule has 2 atom stereocenters. The minimum Gasteiger partial charge on any atom is -0.487 e. The molecule has 2 amide bonds. The number of carbonyl (C=O) groups excluding carboxylic acids is 1. The van der Waals surface area contributed by atoms with Gasteiger partial charge in [0.15, 0.2) is 0 Å². The first-order chi connectivity index (χ1) is 10.6. The second-order valence-electron chi connectivity index (χ2n) is 7.50. The van der Waals surface area contributed by atoms with Crippen LogP contribution >= 0.6 is 0 Å². The van der Waals surface area contributed by atoms with Crippen LogP contribution in [0.15, 0.2) is 24.3 Å². The lowest BCUT2D eigenvalue weighted by Crippen LogP contribution is -2.49. The van der Waals surface area contributed by atoms with Gasteiger partial charge in [-0.15, -0.1) is 0 Å². The van der Waals surface area contributed by atoms with Gasteiger partial charge in [0.2, 0.25) is 0 Å². The first-order valence-electron chi connectivity index (χ1n) is 8.15. The predicted molar refractivity (Wildman–Crippen MR) is 90.5 cm³/mol. The number of hydrogen-bond donors (Lipinski definition) is 3. The van der Waals surface area contributed by atoms with E-state index in [0.717, 1.165) is 11.3 Å². The maximum absolute atomic E-state index is 12.2. The number of carbonyl (C=O) groups is 1. The van der Waals surface area contributed by atoms with Gasteiger partial charge >= 0.3 is 6.03 Å². The third kappa shape index (κ3) is 4.38. The van der Waals surface area contributed by atoms with Gasteiger partial charge in [-0.05, 0) is 32.8 Å². The highest BCUT2D eigenvalue weighted by atomic mass is 16.5. The number of rotatable bonds is 4. The minimum absolute atomic E-state index is 0.0607. The van der Waals surface area contributed by atoms with Crippen LogP contribution in [0.1, 0.15) is 52.6 Å². The Labute approximate surface area is 138 Å². The van der Waals surface area contributed by atoms with Crippen LogP contribution in [0.2, 0.25) is 0 Å². The van der Waals surface area contributed by atoms with Gasteiger partial charge in [0.05, 0.1) is 11.6 Å². The van der Waals surface area contributed by atoms with Crippen molar-refractivity contribution < 1.29 is 14.6 Å². The van der Waals surface area contributed by atoms with Crippen molar-refractivity contribution >= 4 is 6.03 Å². The third-order valence-corrected chi connectivity index (χ3v) is 4.53. The summed E-state index contributed by atoms with van der Waals surface area (Å²) in [5.74, 6) is 0.869. The maximum Gasteiger partial charge on any atom is 0.315 e. The zero-order valence-electron chi connectivity index (χ0n) is 14.6. The summed E-state index contributed by atoms with van der Waals surface area (Å²) in [6.07, 6.45) is 0.692. The Balaban J connectivity index is 2.03. The van der Waals surface area contributed by atoms with Gasteiger partial charge in [-0.2, -0.15) is 0 Å². The number of ether oxygens (including phenoxy) is 1. The number of para-hydroxylation sites is 1. The zero-order valence-corrected chi connectivity index (χ0v) is 14.6. The maximum atomic E-state index is 12.2. The summed E-state index contributed by atoms with van der Waals surface area (Å²) in [6.45, 7) is 9.82. The lowest BCUT2D eigenvalue weighted by atomic mass is 9.90. The van der Waals surface area contributed by atoms with Crippen molar-refractivity contribution in [3.63, 3.8) is 0 Å². The van der Waals surface area contributed by atoms with Gasteiger partial charge in [0, 0.05) is 18.5 Å². The number of benzene rings is 1. The zero-order chi connectivity index (χ0) is 17.3. The Morgan fingerprint density at radius 1 is 1.43 bits per heavy atom. The number of hydrogen-bond acceptors (Lipinski definition) is 3. The van der Waals surface area contributed by atoms with Crippen LogP contribution in [-0.2, 0) is 0 Å². The molecule has 5 heteroatoms. The van der Waals surface area contributed by atoms with Crippen LogP contribution in [-0.4, -0.2) is 28.9 Å². The topological polar surface area (TPSA) is 70.6 Å². The average Bonchev–Trinajstić information content (AvgIpc) is 2.44. The van der Waals surface area contributed by atoms with Gasteiger partial charge in [-0.25, -0.2) is 4.79 Å². The largest absolute Gasteiger partial charge is 0.487 e. The molecule has 2 unspecified atom stereocenters. The van der Waals surface area contributed by atoms with Crippen molar-refractivity contribution in [1.29, 1.82) is 0 Å². The van der Waals surface area contributed by atoms with Crippen molar-refractivity contribution in [1.82, 2.24) is 10.6 Å². The van der Waals surface area contributed by atoms with Crippen LogP contribution in [0.3, 0.4) is 0 Å². The highest BCUT2D eigenvalue weighted by molar-refractivity contribution is 5.74. The van der Waals surface area contributed by atoms with E-state index in [2.05, 4.69) is 10.6 Å². The van der Waals surface area contributed by atoms with Gasteiger partial charge in [-0.1, -0.05) is 32.0 Å². The molecule has 0 saturated carbocycles. The number of aliphatic hydroxyl groups is 1. The summed E-state index contributed by atoms with van der Waals surface area (Å²) >= 11 is 0. The van der Waals surface area contributed by atoms with E-state index in [4.69, 9.17) is 4.74 Å². The Morgan fingerprint density at radius 3 is 2.74 bits per heavy atom. The molecule has 0 radical (unpaired) electrons. The summed E-state index contributed by atoms with van der Waals surface area (Å²) in [7, 11) is 0. The SMILES string of the molecule is CC(C)C(C)(O)CNC(=O)NC1CC(C)(C)Oc2ccccc21. The molecule has 0 saturated heterocycles. The van der Waals surface area contributed by atoms with Crippen molar-refractivity contribution in [2.24, 2.45) is 5.92 Å². The van der Waals surface area contributed by atoms with Crippen LogP contribution in [0, 0.1) is 5.92 Å². The molecule has 1 aromatic rings. The Hall–Kier alpha value is -1.75. The van der Waals surface area contributed by atoms with Crippen molar-refractivity contribution in [3.05, 3.63) is 29.8 Å². The highest BCUT2D eigenvalue weighted by Crippen LogP contribution is 2.39. The molecule has 0 spiro atoms. The molecular weight excluding hydrogens is 292 g/mol. The molecule has 0 aromatic heterocycles. The van der Waals surface area contributed by atoms with Crippen molar-refractivity contribution in [2.75, 3.05) is 6.54 Å². The standard InChI is InChI=1S/C18H28N2O3/c1-12(2)18(5,22)11-19-16(21)20-14-10-17(3,4)23-15-9-7-6-8-13(14)15/h6-9,12,14,22H,10-11H2,1-5H3,(H2,19,20,21). The molecule has 0 aliphatic carbocycles. The van der Waals surface area contributed by atoms with Crippen molar-refractivity contribution in [2.45, 2.75) is 58.3 Å². The van der Waals surface area contributed by atoms with E-state index in [0.29, 0.717) is 6.42 Å². The summed E-state index contributed by atoms with van der Waals surface area (Å²) in [5, 5.41) is 16.0. The molecular formula is C18H28N2O3. The van der Waals surface area contributed by atoms with E-state index < -0.39 is 5.60 Å². The minimum atomic E-state index is -0.926. The van der Waals surface area contributed by atoms with E-state index in [1.54, 1.807) is 6.92 Å². The van der Waals surface area contributed by atoms with Gasteiger partial charge in [0.25, 0.3) is 0 Å². The highest BCUT2D eigenvalue weighted by Gasteiger charge is 2.34. The first-order valence-corrected chi connectivity index (χ1v) is 8.15. The summed E-state index contributed by atoms with van der Waals surface area (Å²) in [6, 6.07) is 7.38. The average molecular weight is 320 g/mol. The van der Waals surface area contributed by atoms with Crippen LogP contribution in [0.25, 0.3) is 0 Å². The van der Waals surface area contributed by atoms with E-state index >= 15 is 0 Å². The third-order valence-electron chi connectivity index (χ3n) is 4.53. The lowest BCUT2D eigenvalue weighted by Gasteiger charge is -2.38. The smallest absolute Gasteiger partial charge is 0.315 e. The normalized spacial score (nSPS) is 21.8. The molecule has 1 heterocycles. The van der Waals surface area contributed by atoms with E-state index in [9.17, 15) is 9.90 Å². The number of urea groups is 1. The van der Waals surface area contributed by atoms with Gasteiger partial charge in [0.1, 0.15) is 11.4 Å². The van der Waals surface area contributed by atoms with Gasteiger partial charge < -0.3 is 20.5 Å². The number of fused-ring (bicyclic) bond motifs is 1. The Bertz CT molecular complexity index is 567. The molecule has 23 heavy (non-hydrogen) atoms. The molecule has 1 aliphatic heterocycles. The Morgan fingerprint density at radius 2 is 2.09 bits per heavy atom. The quantitative estimate of drug-likeness (QED) is 0.798. The molecule has 1 aromatic carbocycles. The van der Waals surface area contributed by atoms with E-state index in [-0.39, 0.29) is 30.1 Å². The van der Waals surface area contributed by atoms with E-state index in [1.807, 2.05) is 52.0 Å². The fourth-order valence-electron chi connectivity index (χ4n) is 2.60. The monoisotopic (exact) mass is 320 g/mol. The van der Waals surface area contributed by atoms with Crippen LogP contribution in [0.4, 0.5) is 4.79 Å². The molecule has 5 nitrogen and oxygen atoms in total. The van der Waals surface area contributed by atoms with Crippen LogP contribution in [0.5, 0.6) is 5.75 Å². The van der Waals surface area contributed by atoms with E-state index in [1.165, 1.54) is 0 Å². The number of nitrogens with one attached hydrogen (secondary N) is 2. The second kappa shape index (κ2) is 6.40. The fraction of sp³-hybridized carbons (Fsp3) is 0.611. The molecule has 128 valence electrons. The molecule has 0 bridgehead atoms. The van der Waals surface area contributed by atoms with Crippen molar-refractivity contribution in [3.8, 4) is 5.75 Å². The molecule has 2 rings (SSSR count). The summed E-state index contributed by atoms with van der Waals surface area (Å²) in [4.78, 5) is 12.2. The van der Waals surface area contributed by atoms with Crippen LogP contribution < -0.4 is 15.4 Å². The summed E-state index contributed by atoms with van der Waals surface area (Å²) in [5.41, 5.74) is -0.280. The molecule has 0 fully saturated rings. The predicted octanol–water partition coefficient (Wildman–Crippen LogP) is 3.00. The molecule has 1 aliphatic rings. The second-order valence-corrected chi connectivity index (χ2v) is 7.50. The lowest BCUT2D eigenvalue weighted by molar-refractivity contribution is 0.0162. The van der Waals surface area contributed by atoms with Gasteiger partial charge in [-0.3, -0.25) is 0 Å². The molecule has 3 N–H and O–H groups in total. The number of amides is 2. The Kier molecular flexibility index (Phi) is 4.90. The first kappa shape index (κ1) is 17.6. The summed E-state index contributed by atoms with van der Waals surface area (Å²) < 4.78 is 5.97.